The average molecular weight is 286 g/mol. The molecule has 2 aromatic carbocycles. The third-order valence-corrected chi connectivity index (χ3v) is 2.88. The van der Waals surface area contributed by atoms with Crippen molar-refractivity contribution in [3.05, 3.63) is 60.4 Å². The Labute approximate surface area is 122 Å². The van der Waals surface area contributed by atoms with E-state index in [1.165, 1.54) is 36.1 Å². The van der Waals surface area contributed by atoms with Gasteiger partial charge in [0.05, 0.1) is 0 Å². The summed E-state index contributed by atoms with van der Waals surface area (Å²) < 4.78 is 12.9. The summed E-state index contributed by atoms with van der Waals surface area (Å²) in [5.74, 6) is -0.999. The van der Waals surface area contributed by atoms with Crippen molar-refractivity contribution in [1.82, 2.24) is 0 Å². The summed E-state index contributed by atoms with van der Waals surface area (Å²) >= 11 is 0. The van der Waals surface area contributed by atoms with Crippen LogP contribution in [0.1, 0.15) is 6.92 Å². The van der Waals surface area contributed by atoms with Crippen molar-refractivity contribution < 1.29 is 14.0 Å². The average Bonchev–Trinajstić information content (AvgIpc) is 2.47. The molecule has 0 aromatic heterocycles. The zero-order valence-corrected chi connectivity index (χ0v) is 11.5. The standard InChI is InChI=1S/C16H15FN2O2/c1-12(20)19(15-9-7-13(17)8-10-15)11-16(21)18-14-5-3-2-4-6-14/h2-10H,11H2,1H3,(H,18,21). The van der Waals surface area contributed by atoms with Gasteiger partial charge < -0.3 is 10.2 Å². The first kappa shape index (κ1) is 14.7. The molecule has 0 spiro atoms. The van der Waals surface area contributed by atoms with Crippen molar-refractivity contribution in [3.63, 3.8) is 0 Å². The number of amides is 2. The topological polar surface area (TPSA) is 49.4 Å². The molecular formula is C16H15FN2O2. The van der Waals surface area contributed by atoms with E-state index in [-0.39, 0.29) is 18.4 Å². The second-order valence-electron chi connectivity index (χ2n) is 4.50. The highest BCUT2D eigenvalue weighted by Crippen LogP contribution is 2.15. The quantitative estimate of drug-likeness (QED) is 0.939. The molecule has 0 aliphatic carbocycles. The van der Waals surface area contributed by atoms with Gasteiger partial charge in [0.15, 0.2) is 0 Å². The minimum absolute atomic E-state index is 0.129. The fraction of sp³-hybridized carbons (Fsp3) is 0.125. The van der Waals surface area contributed by atoms with Crippen molar-refractivity contribution in [2.24, 2.45) is 0 Å². The predicted molar refractivity (Wildman–Crippen MR) is 79.5 cm³/mol. The predicted octanol–water partition coefficient (Wildman–Crippen LogP) is 2.82. The van der Waals surface area contributed by atoms with E-state index < -0.39 is 5.82 Å². The molecule has 2 amide bonds. The molecule has 2 rings (SSSR count). The second kappa shape index (κ2) is 6.65. The summed E-state index contributed by atoms with van der Waals surface area (Å²) in [7, 11) is 0. The number of hydrogen-bond acceptors (Lipinski definition) is 2. The number of carbonyl (C=O) groups is 2. The van der Waals surface area contributed by atoms with Crippen LogP contribution in [0.3, 0.4) is 0 Å². The van der Waals surface area contributed by atoms with E-state index in [0.29, 0.717) is 11.4 Å². The molecule has 0 atom stereocenters. The lowest BCUT2D eigenvalue weighted by Gasteiger charge is -2.20. The van der Waals surface area contributed by atoms with Crippen molar-refractivity contribution >= 4 is 23.2 Å². The van der Waals surface area contributed by atoms with E-state index in [9.17, 15) is 14.0 Å². The lowest BCUT2D eigenvalue weighted by atomic mass is 10.2. The van der Waals surface area contributed by atoms with Gasteiger partial charge in [-0.2, -0.15) is 0 Å². The number of carbonyl (C=O) groups excluding carboxylic acids is 2. The molecule has 0 saturated carbocycles. The number of halogens is 1. The number of rotatable bonds is 4. The van der Waals surface area contributed by atoms with Crippen LogP contribution in [-0.4, -0.2) is 18.4 Å². The van der Waals surface area contributed by atoms with Gasteiger partial charge in [-0.1, -0.05) is 18.2 Å². The highest BCUT2D eigenvalue weighted by molar-refractivity contribution is 6.01. The van der Waals surface area contributed by atoms with E-state index in [1.54, 1.807) is 24.3 Å². The van der Waals surface area contributed by atoms with Gasteiger partial charge in [0, 0.05) is 18.3 Å². The number of anilines is 2. The molecule has 0 heterocycles. The molecule has 0 aliphatic rings. The summed E-state index contributed by atoms with van der Waals surface area (Å²) in [5.41, 5.74) is 1.14. The Morgan fingerprint density at radius 2 is 1.67 bits per heavy atom. The molecule has 0 saturated heterocycles. The summed E-state index contributed by atoms with van der Waals surface area (Å²) in [4.78, 5) is 24.9. The first-order valence-corrected chi connectivity index (χ1v) is 6.45. The Kier molecular flexibility index (Phi) is 4.66. The third kappa shape index (κ3) is 4.14. The van der Waals surface area contributed by atoms with E-state index in [1.807, 2.05) is 6.07 Å². The molecule has 1 N–H and O–H groups in total. The molecule has 2 aromatic rings. The fourth-order valence-corrected chi connectivity index (χ4v) is 1.87. The molecule has 21 heavy (non-hydrogen) atoms. The Balaban J connectivity index is 2.08. The number of benzene rings is 2. The third-order valence-electron chi connectivity index (χ3n) is 2.88. The maximum absolute atomic E-state index is 12.9. The number of nitrogens with zero attached hydrogens (tertiary/aromatic N) is 1. The first-order chi connectivity index (χ1) is 10.1. The van der Waals surface area contributed by atoms with E-state index in [0.717, 1.165) is 0 Å². The molecule has 0 bridgehead atoms. The number of hydrogen-bond donors (Lipinski definition) is 1. The fourth-order valence-electron chi connectivity index (χ4n) is 1.87. The van der Waals surface area contributed by atoms with Crippen LogP contribution in [0.4, 0.5) is 15.8 Å². The van der Waals surface area contributed by atoms with Crippen LogP contribution in [-0.2, 0) is 9.59 Å². The van der Waals surface area contributed by atoms with Gasteiger partial charge >= 0.3 is 0 Å². The van der Waals surface area contributed by atoms with Crippen molar-refractivity contribution in [3.8, 4) is 0 Å². The van der Waals surface area contributed by atoms with Crippen molar-refractivity contribution in [2.45, 2.75) is 6.92 Å². The summed E-state index contributed by atoms with van der Waals surface area (Å²) in [5, 5.41) is 2.70. The van der Waals surface area contributed by atoms with Crippen LogP contribution in [0.25, 0.3) is 0 Å². The first-order valence-electron chi connectivity index (χ1n) is 6.45. The smallest absolute Gasteiger partial charge is 0.244 e. The van der Waals surface area contributed by atoms with Gasteiger partial charge in [0.25, 0.3) is 0 Å². The number of para-hydroxylation sites is 1. The number of nitrogens with one attached hydrogen (secondary N) is 1. The lowest BCUT2D eigenvalue weighted by molar-refractivity contribution is -0.120. The van der Waals surface area contributed by atoms with E-state index >= 15 is 0 Å². The molecule has 0 radical (unpaired) electrons. The normalized spacial score (nSPS) is 10.0. The maximum Gasteiger partial charge on any atom is 0.244 e. The van der Waals surface area contributed by atoms with Crippen LogP contribution < -0.4 is 10.2 Å². The van der Waals surface area contributed by atoms with Gasteiger partial charge in [0.1, 0.15) is 12.4 Å². The SMILES string of the molecule is CC(=O)N(CC(=O)Nc1ccccc1)c1ccc(F)cc1. The van der Waals surface area contributed by atoms with Crippen LogP contribution in [0.5, 0.6) is 0 Å². The maximum atomic E-state index is 12.9. The lowest BCUT2D eigenvalue weighted by Crippen LogP contribution is -2.36. The van der Waals surface area contributed by atoms with Crippen LogP contribution >= 0.6 is 0 Å². The van der Waals surface area contributed by atoms with Crippen LogP contribution in [0.15, 0.2) is 54.6 Å². The zero-order chi connectivity index (χ0) is 15.2. The monoisotopic (exact) mass is 286 g/mol. The van der Waals surface area contributed by atoms with Crippen LogP contribution in [0, 0.1) is 5.82 Å². The van der Waals surface area contributed by atoms with E-state index in [2.05, 4.69) is 5.32 Å². The largest absolute Gasteiger partial charge is 0.325 e. The zero-order valence-electron chi connectivity index (χ0n) is 11.5. The van der Waals surface area contributed by atoms with Gasteiger partial charge in [0.2, 0.25) is 11.8 Å². The molecule has 0 unspecified atom stereocenters. The Bertz CT molecular complexity index is 626. The Morgan fingerprint density at radius 3 is 2.24 bits per heavy atom. The van der Waals surface area contributed by atoms with E-state index in [4.69, 9.17) is 0 Å². The highest BCUT2D eigenvalue weighted by Gasteiger charge is 2.15. The molecule has 5 heteroatoms. The van der Waals surface area contributed by atoms with Crippen molar-refractivity contribution in [1.29, 1.82) is 0 Å². The molecule has 0 fully saturated rings. The Hall–Kier alpha value is -2.69. The summed E-state index contributed by atoms with van der Waals surface area (Å²) in [6.45, 7) is 1.23. The summed E-state index contributed by atoms with van der Waals surface area (Å²) in [6, 6.07) is 14.4. The van der Waals surface area contributed by atoms with Gasteiger partial charge in [-0.25, -0.2) is 4.39 Å². The molecule has 0 aliphatic heterocycles. The minimum atomic E-state index is -0.393. The van der Waals surface area contributed by atoms with Gasteiger partial charge in [-0.15, -0.1) is 0 Å². The second-order valence-corrected chi connectivity index (χ2v) is 4.50. The van der Waals surface area contributed by atoms with Crippen molar-refractivity contribution in [2.75, 3.05) is 16.8 Å². The molecule has 4 nitrogen and oxygen atoms in total. The minimum Gasteiger partial charge on any atom is -0.325 e. The molecule has 108 valence electrons. The van der Waals surface area contributed by atoms with Gasteiger partial charge in [-0.05, 0) is 36.4 Å². The summed E-state index contributed by atoms with van der Waals surface area (Å²) in [6.07, 6.45) is 0. The molecular weight excluding hydrogens is 271 g/mol. The van der Waals surface area contributed by atoms with Gasteiger partial charge in [-0.3, -0.25) is 9.59 Å². The Morgan fingerprint density at radius 1 is 1.05 bits per heavy atom. The highest BCUT2D eigenvalue weighted by atomic mass is 19.1. The van der Waals surface area contributed by atoms with Crippen LogP contribution in [0.2, 0.25) is 0 Å².